The topological polar surface area (TPSA) is 126 Å². The Bertz CT molecular complexity index is 866. The van der Waals surface area contributed by atoms with Crippen molar-refractivity contribution in [2.75, 3.05) is 13.7 Å². The second-order valence-electron chi connectivity index (χ2n) is 6.69. The summed E-state index contributed by atoms with van der Waals surface area (Å²) in [6.45, 7) is 7.46. The van der Waals surface area contributed by atoms with Crippen molar-refractivity contribution in [3.63, 3.8) is 0 Å². The molecule has 1 atom stereocenters. The van der Waals surface area contributed by atoms with Crippen molar-refractivity contribution in [2.24, 2.45) is 0 Å². The molecule has 3 N–H and O–H groups in total. The molecule has 178 valence electrons. The third-order valence-electron chi connectivity index (χ3n) is 4.30. The summed E-state index contributed by atoms with van der Waals surface area (Å²) >= 11 is 0. The first-order valence-corrected chi connectivity index (χ1v) is 10.7. The van der Waals surface area contributed by atoms with Gasteiger partial charge in [-0.05, 0) is 38.2 Å². The van der Waals surface area contributed by atoms with Gasteiger partial charge in [0, 0.05) is 24.8 Å². The third-order valence-corrected chi connectivity index (χ3v) is 4.30. The molecule has 0 saturated heterocycles. The molecule has 1 rings (SSSR count). The fraction of sp³-hybridized carbons (Fsp3) is 0.458. The molecule has 0 aliphatic carbocycles. The number of carbonyl (C=O) groups excluding carboxylic acids is 2. The third kappa shape index (κ3) is 10.3. The number of ketones is 1. The number of amides is 1. The van der Waals surface area contributed by atoms with Crippen LogP contribution in [0.4, 0.5) is 4.79 Å². The van der Waals surface area contributed by atoms with Crippen LogP contribution >= 0.6 is 0 Å². The van der Waals surface area contributed by atoms with Gasteiger partial charge in [0.25, 0.3) is 0 Å². The molecule has 0 spiro atoms. The van der Waals surface area contributed by atoms with Crippen LogP contribution in [-0.2, 0) is 4.74 Å². The van der Waals surface area contributed by atoms with E-state index in [1.54, 1.807) is 31.2 Å². The number of hydrogen-bond donors (Lipinski definition) is 3. The van der Waals surface area contributed by atoms with Crippen LogP contribution in [0, 0.1) is 0 Å². The number of hydrogen-bond acceptors (Lipinski definition) is 7. The number of Topliss-reactive ketones (excluding diaryl/α,β-unsaturated/α-hetero) is 1. The highest BCUT2D eigenvalue weighted by Crippen LogP contribution is 2.25. The number of unbranched alkanes of at least 4 members (excludes halogenated alkanes) is 1. The minimum atomic E-state index is -0.887. The Morgan fingerprint density at radius 2 is 1.94 bits per heavy atom. The molecule has 0 saturated carbocycles. The Kier molecular flexibility index (Phi) is 14.9. The van der Waals surface area contributed by atoms with E-state index in [9.17, 15) is 19.5 Å². The second-order valence-corrected chi connectivity index (χ2v) is 6.69. The van der Waals surface area contributed by atoms with Crippen molar-refractivity contribution < 1.29 is 29.0 Å². The van der Waals surface area contributed by atoms with Crippen molar-refractivity contribution in [1.82, 2.24) is 5.32 Å². The van der Waals surface area contributed by atoms with Crippen molar-refractivity contribution in [3.8, 4) is 5.75 Å². The van der Waals surface area contributed by atoms with Crippen LogP contribution in [-0.4, -0.2) is 35.8 Å². The summed E-state index contributed by atoms with van der Waals surface area (Å²) in [6, 6.07) is 1.29. The minimum absolute atomic E-state index is 0.0896. The number of carbonyl (C=O) groups is 2. The van der Waals surface area contributed by atoms with Crippen molar-refractivity contribution in [1.29, 1.82) is 0 Å². The first-order valence-electron chi connectivity index (χ1n) is 10.7. The lowest BCUT2D eigenvalue weighted by atomic mass is 10.00. The van der Waals surface area contributed by atoms with Crippen LogP contribution in [0.2, 0.25) is 0 Å². The zero-order chi connectivity index (χ0) is 24.5. The van der Waals surface area contributed by atoms with Gasteiger partial charge < -0.3 is 19.4 Å². The van der Waals surface area contributed by atoms with Crippen molar-refractivity contribution in [2.45, 2.75) is 59.3 Å². The highest BCUT2D eigenvalue weighted by Gasteiger charge is 2.21. The zero-order valence-corrected chi connectivity index (χ0v) is 19.5. The van der Waals surface area contributed by atoms with E-state index in [1.165, 1.54) is 19.4 Å². The van der Waals surface area contributed by atoms with Crippen LogP contribution in [0.5, 0.6) is 5.75 Å². The number of aromatic hydroxyl groups is 1. The maximum atomic E-state index is 12.5. The van der Waals surface area contributed by atoms with Crippen molar-refractivity contribution in [3.05, 3.63) is 63.9 Å². The van der Waals surface area contributed by atoms with Gasteiger partial charge in [0.15, 0.2) is 5.78 Å². The van der Waals surface area contributed by atoms with Gasteiger partial charge in [0.2, 0.25) is 0 Å². The highest BCUT2D eigenvalue weighted by atomic mass is 16.5. The predicted octanol–water partition coefficient (Wildman–Crippen LogP) is 4.58. The number of allylic oxidation sites excluding steroid dienone is 5. The summed E-state index contributed by atoms with van der Waals surface area (Å²) in [5, 5.41) is 21.4. The fourth-order valence-corrected chi connectivity index (χ4v) is 2.50. The highest BCUT2D eigenvalue weighted by molar-refractivity contribution is 6.09. The lowest BCUT2D eigenvalue weighted by molar-refractivity contribution is 0.102. The SMILES string of the molecule is CC.COC(=O)N/C=C/CCC(C)c1cc(O)c(C(=O)/C(C)=C/C=C/CCCO)c(=O)o1. The Morgan fingerprint density at radius 1 is 1.25 bits per heavy atom. The van der Waals surface area contributed by atoms with E-state index in [0.29, 0.717) is 25.7 Å². The van der Waals surface area contributed by atoms with E-state index in [2.05, 4.69) is 10.1 Å². The van der Waals surface area contributed by atoms with Crippen LogP contribution in [0.25, 0.3) is 0 Å². The van der Waals surface area contributed by atoms with Crippen LogP contribution in [0.3, 0.4) is 0 Å². The average molecular weight is 450 g/mol. The smallest absolute Gasteiger partial charge is 0.410 e. The van der Waals surface area contributed by atoms with Gasteiger partial charge in [-0.3, -0.25) is 10.1 Å². The minimum Gasteiger partial charge on any atom is -0.507 e. The first-order chi connectivity index (χ1) is 15.3. The largest absolute Gasteiger partial charge is 0.507 e. The molecule has 0 aliphatic rings. The van der Waals surface area contributed by atoms with Crippen LogP contribution in [0.1, 0.15) is 75.4 Å². The molecule has 1 aromatic heterocycles. The van der Waals surface area contributed by atoms with Gasteiger partial charge in [0.1, 0.15) is 17.1 Å². The summed E-state index contributed by atoms with van der Waals surface area (Å²) in [5.41, 5.74) is -1.01. The van der Waals surface area contributed by atoms with Gasteiger partial charge in [0.05, 0.1) is 7.11 Å². The molecule has 0 radical (unpaired) electrons. The first kappa shape index (κ1) is 28.9. The number of alkyl carbamates (subject to hydrolysis) is 1. The molecule has 0 aliphatic heterocycles. The molecular formula is C24H35NO7. The predicted molar refractivity (Wildman–Crippen MR) is 124 cm³/mol. The zero-order valence-electron chi connectivity index (χ0n) is 19.5. The van der Waals surface area contributed by atoms with Gasteiger partial charge in [-0.15, -0.1) is 0 Å². The molecular weight excluding hydrogens is 414 g/mol. The normalized spacial score (nSPS) is 12.4. The Hall–Kier alpha value is -3.13. The van der Waals surface area contributed by atoms with E-state index >= 15 is 0 Å². The number of aliphatic hydroxyl groups excluding tert-OH is 1. The molecule has 8 heteroatoms. The number of rotatable bonds is 11. The Morgan fingerprint density at radius 3 is 2.53 bits per heavy atom. The summed E-state index contributed by atoms with van der Waals surface area (Å²) in [7, 11) is 1.27. The summed E-state index contributed by atoms with van der Waals surface area (Å²) in [4.78, 5) is 35.7. The van der Waals surface area contributed by atoms with E-state index in [1.807, 2.05) is 20.8 Å². The van der Waals surface area contributed by atoms with Crippen LogP contribution in [0.15, 0.2) is 51.4 Å². The summed E-state index contributed by atoms with van der Waals surface area (Å²) < 4.78 is 9.70. The monoisotopic (exact) mass is 449 g/mol. The maximum Gasteiger partial charge on any atom is 0.410 e. The lowest BCUT2D eigenvalue weighted by Gasteiger charge is -2.11. The summed E-state index contributed by atoms with van der Waals surface area (Å²) in [5.74, 6) is -0.947. The number of aliphatic hydroxyl groups is 1. The molecule has 0 bridgehead atoms. The van der Waals surface area contributed by atoms with Gasteiger partial charge in [-0.2, -0.15) is 0 Å². The molecule has 1 unspecified atom stereocenters. The molecule has 1 amide bonds. The molecule has 32 heavy (non-hydrogen) atoms. The Balaban J connectivity index is 0.00000466. The number of nitrogens with one attached hydrogen (secondary N) is 1. The van der Waals surface area contributed by atoms with Crippen molar-refractivity contribution >= 4 is 11.9 Å². The van der Waals surface area contributed by atoms with E-state index in [4.69, 9.17) is 9.52 Å². The Labute approximate surface area is 189 Å². The molecule has 1 heterocycles. The van der Waals surface area contributed by atoms with E-state index in [-0.39, 0.29) is 23.9 Å². The van der Waals surface area contributed by atoms with Gasteiger partial charge in [-0.25, -0.2) is 9.59 Å². The van der Waals surface area contributed by atoms with Crippen LogP contribution < -0.4 is 10.9 Å². The van der Waals surface area contributed by atoms with Gasteiger partial charge >= 0.3 is 11.7 Å². The standard InChI is InChI=1S/C22H29NO7.C2H6/c1-15(10-7-8-12-23-22(28)29-3)18-14-17(25)19(21(27)30-18)20(26)16(2)11-6-4-5-9-13-24;1-2/h4,6,8,11-12,14-15,24-25H,5,7,9-10,13H2,1-3H3,(H,23,28);1-2H3/b6-4+,12-8+,16-11+;. The molecule has 1 aromatic rings. The number of ether oxygens (including phenoxy) is 1. The average Bonchev–Trinajstić information content (AvgIpc) is 2.78. The van der Waals surface area contributed by atoms with E-state index in [0.717, 1.165) is 0 Å². The lowest BCUT2D eigenvalue weighted by Crippen LogP contribution is -2.16. The molecule has 0 aromatic carbocycles. The maximum absolute atomic E-state index is 12.5. The molecule has 0 fully saturated rings. The second kappa shape index (κ2) is 16.5. The van der Waals surface area contributed by atoms with E-state index < -0.39 is 28.8 Å². The van der Waals surface area contributed by atoms with Gasteiger partial charge in [-0.1, -0.05) is 45.1 Å². The molecule has 8 nitrogen and oxygen atoms in total. The fourth-order valence-electron chi connectivity index (χ4n) is 2.50. The summed E-state index contributed by atoms with van der Waals surface area (Å²) in [6.07, 6.45) is 10.1. The number of methoxy groups -OCH3 is 1. The quantitative estimate of drug-likeness (QED) is 0.195.